The SMILES string of the molecule is Cc1cc(O)ccc1C(=O)Nc1ccc(C(=O)O)c(F)c1. The molecule has 0 atom stereocenters. The summed E-state index contributed by atoms with van der Waals surface area (Å²) in [5.41, 5.74) is 0.578. The number of benzene rings is 2. The minimum Gasteiger partial charge on any atom is -0.508 e. The van der Waals surface area contributed by atoms with Crippen molar-refractivity contribution in [1.82, 2.24) is 0 Å². The highest BCUT2D eigenvalue weighted by atomic mass is 19.1. The number of carboxylic acid groups (broad SMARTS) is 1. The maximum Gasteiger partial charge on any atom is 0.338 e. The van der Waals surface area contributed by atoms with E-state index >= 15 is 0 Å². The zero-order chi connectivity index (χ0) is 15.6. The van der Waals surface area contributed by atoms with Gasteiger partial charge in [0.15, 0.2) is 0 Å². The van der Waals surface area contributed by atoms with Gasteiger partial charge >= 0.3 is 5.97 Å². The van der Waals surface area contributed by atoms with Crippen molar-refractivity contribution in [1.29, 1.82) is 0 Å². The Bertz CT molecular complexity index is 728. The molecule has 21 heavy (non-hydrogen) atoms. The van der Waals surface area contributed by atoms with Gasteiger partial charge in [-0.25, -0.2) is 9.18 Å². The van der Waals surface area contributed by atoms with Crippen molar-refractivity contribution in [2.45, 2.75) is 6.92 Å². The molecule has 0 unspecified atom stereocenters. The molecule has 5 nitrogen and oxygen atoms in total. The van der Waals surface area contributed by atoms with E-state index in [1.165, 1.54) is 24.3 Å². The Kier molecular flexibility index (Phi) is 3.89. The van der Waals surface area contributed by atoms with Gasteiger partial charge in [-0.15, -0.1) is 0 Å². The quantitative estimate of drug-likeness (QED) is 0.811. The molecule has 0 bridgehead atoms. The van der Waals surface area contributed by atoms with Gasteiger partial charge in [0.25, 0.3) is 5.91 Å². The second kappa shape index (κ2) is 5.62. The number of amides is 1. The van der Waals surface area contributed by atoms with Crippen LogP contribution in [0.2, 0.25) is 0 Å². The molecule has 2 rings (SSSR count). The predicted molar refractivity (Wildman–Crippen MR) is 74.2 cm³/mol. The van der Waals surface area contributed by atoms with Crippen LogP contribution in [0.5, 0.6) is 5.75 Å². The third-order valence-corrected chi connectivity index (χ3v) is 2.91. The lowest BCUT2D eigenvalue weighted by atomic mass is 10.1. The Morgan fingerprint density at radius 2 is 1.76 bits per heavy atom. The van der Waals surface area contributed by atoms with Gasteiger partial charge in [0, 0.05) is 11.3 Å². The monoisotopic (exact) mass is 289 g/mol. The molecular formula is C15H12FNO4. The standard InChI is InChI=1S/C15H12FNO4/c1-8-6-10(18)3-5-11(8)14(19)17-9-2-4-12(15(20)21)13(16)7-9/h2-7,18H,1H3,(H,17,19)(H,20,21). The van der Waals surface area contributed by atoms with E-state index in [0.29, 0.717) is 11.1 Å². The van der Waals surface area contributed by atoms with Crippen LogP contribution in [-0.4, -0.2) is 22.1 Å². The van der Waals surface area contributed by atoms with Crippen LogP contribution in [0.15, 0.2) is 36.4 Å². The first-order chi connectivity index (χ1) is 9.88. The lowest BCUT2D eigenvalue weighted by Crippen LogP contribution is -2.14. The summed E-state index contributed by atoms with van der Waals surface area (Å²) < 4.78 is 13.5. The first-order valence-corrected chi connectivity index (χ1v) is 6.02. The van der Waals surface area contributed by atoms with E-state index in [1.807, 2.05) is 0 Å². The van der Waals surface area contributed by atoms with Crippen molar-refractivity contribution in [3.8, 4) is 5.75 Å². The number of aromatic carboxylic acids is 1. The summed E-state index contributed by atoms with van der Waals surface area (Å²) in [4.78, 5) is 22.7. The van der Waals surface area contributed by atoms with Gasteiger partial charge in [-0.05, 0) is 48.9 Å². The molecule has 6 heteroatoms. The fourth-order valence-corrected chi connectivity index (χ4v) is 1.87. The molecule has 0 aliphatic rings. The van der Waals surface area contributed by atoms with Crippen LogP contribution in [0.3, 0.4) is 0 Å². The van der Waals surface area contributed by atoms with Crippen LogP contribution in [-0.2, 0) is 0 Å². The summed E-state index contributed by atoms with van der Waals surface area (Å²) in [6.45, 7) is 1.66. The van der Waals surface area contributed by atoms with Crippen molar-refractivity contribution in [2.75, 3.05) is 5.32 Å². The first-order valence-electron chi connectivity index (χ1n) is 6.02. The van der Waals surface area contributed by atoms with Crippen LogP contribution in [0.1, 0.15) is 26.3 Å². The Morgan fingerprint density at radius 3 is 2.33 bits per heavy atom. The highest BCUT2D eigenvalue weighted by Gasteiger charge is 2.13. The van der Waals surface area contributed by atoms with E-state index in [9.17, 15) is 19.1 Å². The van der Waals surface area contributed by atoms with Gasteiger partial charge < -0.3 is 15.5 Å². The number of halogens is 1. The topological polar surface area (TPSA) is 86.6 Å². The summed E-state index contributed by atoms with van der Waals surface area (Å²) in [6.07, 6.45) is 0. The number of anilines is 1. The maximum absolute atomic E-state index is 13.5. The zero-order valence-electron chi connectivity index (χ0n) is 11.1. The van der Waals surface area contributed by atoms with E-state index < -0.39 is 23.3 Å². The second-order valence-electron chi connectivity index (χ2n) is 4.45. The average molecular weight is 289 g/mol. The highest BCUT2D eigenvalue weighted by molar-refractivity contribution is 6.05. The van der Waals surface area contributed by atoms with Gasteiger partial charge in [-0.2, -0.15) is 0 Å². The smallest absolute Gasteiger partial charge is 0.338 e. The van der Waals surface area contributed by atoms with Crippen LogP contribution in [0.25, 0.3) is 0 Å². The number of hydrogen-bond acceptors (Lipinski definition) is 3. The Morgan fingerprint density at radius 1 is 1.10 bits per heavy atom. The van der Waals surface area contributed by atoms with Crippen LogP contribution >= 0.6 is 0 Å². The molecule has 0 saturated carbocycles. The zero-order valence-corrected chi connectivity index (χ0v) is 11.1. The summed E-state index contributed by atoms with van der Waals surface area (Å²) >= 11 is 0. The molecule has 3 N–H and O–H groups in total. The number of rotatable bonds is 3. The highest BCUT2D eigenvalue weighted by Crippen LogP contribution is 2.19. The van der Waals surface area contributed by atoms with E-state index in [4.69, 9.17) is 5.11 Å². The number of hydrogen-bond donors (Lipinski definition) is 3. The summed E-state index contributed by atoms with van der Waals surface area (Å²) in [5, 5.41) is 20.5. The molecule has 0 saturated heterocycles. The Labute approximate surface area is 119 Å². The third kappa shape index (κ3) is 3.17. The molecule has 0 aliphatic carbocycles. The van der Waals surface area contributed by atoms with E-state index in [0.717, 1.165) is 12.1 Å². The molecular weight excluding hydrogens is 277 g/mol. The summed E-state index contributed by atoms with van der Waals surface area (Å²) in [6, 6.07) is 7.58. The minimum absolute atomic E-state index is 0.0425. The summed E-state index contributed by atoms with van der Waals surface area (Å²) in [5.74, 6) is -2.74. The third-order valence-electron chi connectivity index (χ3n) is 2.91. The van der Waals surface area contributed by atoms with Crippen molar-refractivity contribution in [3.63, 3.8) is 0 Å². The minimum atomic E-state index is -1.38. The molecule has 0 aromatic heterocycles. The number of phenolic OH excluding ortho intramolecular Hbond substituents is 1. The van der Waals surface area contributed by atoms with Gasteiger partial charge in [0.1, 0.15) is 11.6 Å². The molecule has 0 aliphatic heterocycles. The van der Waals surface area contributed by atoms with Crippen LogP contribution in [0, 0.1) is 12.7 Å². The van der Waals surface area contributed by atoms with E-state index in [2.05, 4.69) is 5.32 Å². The average Bonchev–Trinajstić information content (AvgIpc) is 2.37. The fourth-order valence-electron chi connectivity index (χ4n) is 1.87. The second-order valence-corrected chi connectivity index (χ2v) is 4.45. The molecule has 0 radical (unpaired) electrons. The first kappa shape index (κ1) is 14.5. The molecule has 108 valence electrons. The van der Waals surface area contributed by atoms with Crippen molar-refractivity contribution in [2.24, 2.45) is 0 Å². The molecule has 1 amide bonds. The van der Waals surface area contributed by atoms with Crippen molar-refractivity contribution >= 4 is 17.6 Å². The maximum atomic E-state index is 13.5. The summed E-state index contributed by atoms with van der Waals surface area (Å²) in [7, 11) is 0. The number of phenols is 1. The normalized spacial score (nSPS) is 10.2. The lowest BCUT2D eigenvalue weighted by molar-refractivity contribution is 0.0691. The number of carbonyl (C=O) groups excluding carboxylic acids is 1. The Balaban J connectivity index is 2.23. The lowest BCUT2D eigenvalue weighted by Gasteiger charge is -2.09. The number of carboxylic acids is 1. The predicted octanol–water partition coefficient (Wildman–Crippen LogP) is 2.79. The molecule has 0 heterocycles. The number of aromatic hydroxyl groups is 1. The molecule has 2 aromatic carbocycles. The molecule has 0 fully saturated rings. The molecule has 2 aromatic rings. The number of carbonyl (C=O) groups is 2. The van der Waals surface area contributed by atoms with Crippen LogP contribution in [0.4, 0.5) is 10.1 Å². The fraction of sp³-hybridized carbons (Fsp3) is 0.0667. The van der Waals surface area contributed by atoms with E-state index in [-0.39, 0.29) is 11.4 Å². The number of aryl methyl sites for hydroxylation is 1. The molecule has 0 spiro atoms. The van der Waals surface area contributed by atoms with E-state index in [1.54, 1.807) is 6.92 Å². The van der Waals surface area contributed by atoms with Gasteiger partial charge in [0.2, 0.25) is 0 Å². The number of nitrogens with one attached hydrogen (secondary N) is 1. The van der Waals surface area contributed by atoms with Gasteiger partial charge in [-0.1, -0.05) is 0 Å². The van der Waals surface area contributed by atoms with Crippen molar-refractivity contribution in [3.05, 3.63) is 58.9 Å². The Hall–Kier alpha value is -2.89. The van der Waals surface area contributed by atoms with Gasteiger partial charge in [0.05, 0.1) is 5.56 Å². The van der Waals surface area contributed by atoms with Crippen molar-refractivity contribution < 1.29 is 24.2 Å². The van der Waals surface area contributed by atoms with Crippen LogP contribution < -0.4 is 5.32 Å². The van der Waals surface area contributed by atoms with Gasteiger partial charge in [-0.3, -0.25) is 4.79 Å². The largest absolute Gasteiger partial charge is 0.508 e.